The van der Waals surface area contributed by atoms with Crippen LogP contribution in [0.4, 0.5) is 19.6 Å². The molecule has 12 heteroatoms. The Balaban J connectivity index is 1.69. The molecule has 0 bridgehead atoms. The molecule has 2 N–H and O–H groups in total. The molecule has 7 nitrogen and oxygen atoms in total. The number of benzene rings is 2. The van der Waals surface area contributed by atoms with E-state index in [0.29, 0.717) is 40.0 Å². The molecule has 0 atom stereocenters. The Hall–Kier alpha value is -3.15. The predicted octanol–water partition coefficient (Wildman–Crippen LogP) is 5.05. The lowest BCUT2D eigenvalue weighted by Gasteiger charge is -2.11. The highest BCUT2D eigenvalue weighted by molar-refractivity contribution is 7.92. The third-order valence-electron chi connectivity index (χ3n) is 4.23. The molecule has 0 aliphatic heterocycles. The molecule has 0 saturated heterocycles. The second-order valence-electron chi connectivity index (χ2n) is 6.66. The smallest absolute Gasteiger partial charge is 0.262 e. The summed E-state index contributed by atoms with van der Waals surface area (Å²) in [5.74, 6) is -2.29. The van der Waals surface area contributed by atoms with Crippen LogP contribution in [0.1, 0.15) is 6.92 Å². The van der Waals surface area contributed by atoms with Crippen LogP contribution in [0.25, 0.3) is 21.3 Å². The Morgan fingerprint density at radius 2 is 1.78 bits per heavy atom. The number of thiazole rings is 1. The van der Waals surface area contributed by atoms with Gasteiger partial charge in [0.05, 0.1) is 20.8 Å². The number of anilines is 2. The molecule has 0 radical (unpaired) electrons. The summed E-state index contributed by atoms with van der Waals surface area (Å²) in [4.78, 5) is 19.0. The fraction of sp³-hybridized carbons (Fsp3) is 0.0500. The van der Waals surface area contributed by atoms with Gasteiger partial charge in [-0.05, 0) is 35.9 Å². The van der Waals surface area contributed by atoms with Crippen molar-refractivity contribution in [3.05, 3.63) is 65.4 Å². The van der Waals surface area contributed by atoms with E-state index in [0.717, 1.165) is 4.70 Å². The summed E-state index contributed by atoms with van der Waals surface area (Å²) in [7, 11) is -4.33. The van der Waals surface area contributed by atoms with Crippen LogP contribution in [0, 0.1) is 11.6 Å². The van der Waals surface area contributed by atoms with E-state index < -0.39 is 26.6 Å². The summed E-state index contributed by atoms with van der Waals surface area (Å²) in [5, 5.41) is 2.94. The number of carbonyl (C=O) groups excluding carboxylic acids is 1. The SMILES string of the molecule is CC(=O)Nc1nc2ccc(-c3cnc(Cl)c(NS(=O)(=O)c4cc(F)cc(F)c4)c3)cc2s1. The maximum Gasteiger partial charge on any atom is 0.262 e. The minimum absolute atomic E-state index is 0.0582. The van der Waals surface area contributed by atoms with E-state index in [2.05, 4.69) is 20.0 Å². The van der Waals surface area contributed by atoms with Crippen molar-refractivity contribution >= 4 is 59.9 Å². The number of sulfonamides is 1. The Kier molecular flexibility index (Phi) is 5.80. The maximum absolute atomic E-state index is 13.5. The number of fused-ring (bicyclic) bond motifs is 1. The first kappa shape index (κ1) is 22.1. The van der Waals surface area contributed by atoms with E-state index in [-0.39, 0.29) is 16.7 Å². The summed E-state index contributed by atoms with van der Waals surface area (Å²) in [6.45, 7) is 1.39. The van der Waals surface area contributed by atoms with Gasteiger partial charge < -0.3 is 5.32 Å². The molecule has 2 aromatic carbocycles. The zero-order valence-corrected chi connectivity index (χ0v) is 18.6. The van der Waals surface area contributed by atoms with Crippen LogP contribution in [-0.2, 0) is 14.8 Å². The molecule has 4 rings (SSSR count). The average Bonchev–Trinajstić information content (AvgIpc) is 3.09. The number of aromatic nitrogens is 2. The van der Waals surface area contributed by atoms with E-state index in [1.165, 1.54) is 30.5 Å². The summed E-state index contributed by atoms with van der Waals surface area (Å²) < 4.78 is 55.1. The van der Waals surface area contributed by atoms with Gasteiger partial charge in [0, 0.05) is 24.8 Å². The molecule has 0 fully saturated rings. The van der Waals surface area contributed by atoms with Crippen molar-refractivity contribution in [3.63, 3.8) is 0 Å². The number of nitrogens with zero attached hydrogens (tertiary/aromatic N) is 2. The van der Waals surface area contributed by atoms with E-state index in [1.807, 2.05) is 6.07 Å². The number of halogens is 3. The molecule has 0 saturated carbocycles. The van der Waals surface area contributed by atoms with Crippen LogP contribution >= 0.6 is 22.9 Å². The number of hydrogen-bond acceptors (Lipinski definition) is 6. The topological polar surface area (TPSA) is 101 Å². The highest BCUT2D eigenvalue weighted by Crippen LogP contribution is 2.33. The second kappa shape index (κ2) is 8.41. The largest absolute Gasteiger partial charge is 0.302 e. The zero-order valence-electron chi connectivity index (χ0n) is 16.2. The Morgan fingerprint density at radius 3 is 2.47 bits per heavy atom. The predicted molar refractivity (Wildman–Crippen MR) is 119 cm³/mol. The molecule has 0 unspecified atom stereocenters. The van der Waals surface area contributed by atoms with Gasteiger partial charge in [0.25, 0.3) is 10.0 Å². The normalized spacial score (nSPS) is 11.5. The van der Waals surface area contributed by atoms with Gasteiger partial charge in [-0.1, -0.05) is 29.0 Å². The van der Waals surface area contributed by atoms with Crippen LogP contribution in [0.15, 0.2) is 53.6 Å². The monoisotopic (exact) mass is 494 g/mol. The maximum atomic E-state index is 13.5. The Bertz CT molecular complexity index is 1450. The van der Waals surface area contributed by atoms with E-state index in [9.17, 15) is 22.0 Å². The van der Waals surface area contributed by atoms with Crippen LogP contribution in [0.5, 0.6) is 0 Å². The summed E-state index contributed by atoms with van der Waals surface area (Å²) in [6, 6.07) is 8.73. The fourth-order valence-electron chi connectivity index (χ4n) is 2.87. The van der Waals surface area contributed by atoms with Crippen molar-refractivity contribution in [3.8, 4) is 11.1 Å². The first-order chi connectivity index (χ1) is 15.1. The molecule has 0 spiro atoms. The first-order valence-electron chi connectivity index (χ1n) is 8.94. The third-order valence-corrected chi connectivity index (χ3v) is 6.81. The number of amides is 1. The fourth-order valence-corrected chi connectivity index (χ4v) is 5.13. The Morgan fingerprint density at radius 1 is 1.06 bits per heavy atom. The highest BCUT2D eigenvalue weighted by Gasteiger charge is 2.19. The van der Waals surface area contributed by atoms with Crippen LogP contribution in [-0.4, -0.2) is 24.3 Å². The molecule has 2 heterocycles. The van der Waals surface area contributed by atoms with Crippen molar-refractivity contribution in [2.24, 2.45) is 0 Å². The van der Waals surface area contributed by atoms with Gasteiger partial charge in [0.2, 0.25) is 5.91 Å². The Labute approximate surface area is 190 Å². The van der Waals surface area contributed by atoms with Gasteiger partial charge in [-0.3, -0.25) is 9.52 Å². The minimum Gasteiger partial charge on any atom is -0.302 e. The lowest BCUT2D eigenvalue weighted by Crippen LogP contribution is -2.14. The van der Waals surface area contributed by atoms with Crippen LogP contribution < -0.4 is 10.0 Å². The molecular formula is C20H13ClF2N4O3S2. The van der Waals surface area contributed by atoms with Crippen LogP contribution in [0.3, 0.4) is 0 Å². The molecule has 1 amide bonds. The quantitative estimate of drug-likeness (QED) is 0.378. The molecule has 0 aliphatic carbocycles. The number of nitrogens with one attached hydrogen (secondary N) is 2. The van der Waals surface area contributed by atoms with E-state index in [1.54, 1.807) is 12.1 Å². The van der Waals surface area contributed by atoms with Gasteiger partial charge in [0.1, 0.15) is 11.6 Å². The number of pyridine rings is 1. The van der Waals surface area contributed by atoms with Crippen LogP contribution in [0.2, 0.25) is 5.15 Å². The minimum atomic E-state index is -4.33. The summed E-state index contributed by atoms with van der Waals surface area (Å²) in [5.41, 5.74) is 1.85. The number of carbonyl (C=O) groups is 1. The van der Waals surface area contributed by atoms with Gasteiger partial charge in [-0.25, -0.2) is 27.2 Å². The lowest BCUT2D eigenvalue weighted by molar-refractivity contribution is -0.114. The molecular weight excluding hydrogens is 482 g/mol. The van der Waals surface area contributed by atoms with E-state index >= 15 is 0 Å². The molecule has 4 aromatic rings. The molecule has 0 aliphatic rings. The molecule has 32 heavy (non-hydrogen) atoms. The van der Waals surface area contributed by atoms with Gasteiger partial charge >= 0.3 is 0 Å². The number of hydrogen-bond donors (Lipinski definition) is 2. The first-order valence-corrected chi connectivity index (χ1v) is 11.6. The lowest BCUT2D eigenvalue weighted by atomic mass is 10.1. The summed E-state index contributed by atoms with van der Waals surface area (Å²) >= 11 is 7.33. The van der Waals surface area contributed by atoms with Gasteiger partial charge in [-0.15, -0.1) is 0 Å². The van der Waals surface area contributed by atoms with Crippen molar-refractivity contribution < 1.29 is 22.0 Å². The standard InChI is InChI=1S/C20H13ClF2N4O3S2/c1-10(28)25-20-26-16-3-2-11(5-18(16)31-20)12-4-17(19(21)24-9-12)27-32(29,30)15-7-13(22)6-14(23)8-15/h2-9,27H,1H3,(H,25,26,28). The van der Waals surface area contributed by atoms with Gasteiger partial charge in [0.15, 0.2) is 10.3 Å². The molecule has 2 aromatic heterocycles. The second-order valence-corrected chi connectivity index (χ2v) is 9.73. The van der Waals surface area contributed by atoms with Crippen molar-refractivity contribution in [2.75, 3.05) is 10.0 Å². The summed E-state index contributed by atoms with van der Waals surface area (Å²) in [6.07, 6.45) is 1.46. The van der Waals surface area contributed by atoms with Crippen molar-refractivity contribution in [1.82, 2.24) is 9.97 Å². The van der Waals surface area contributed by atoms with Crippen molar-refractivity contribution in [1.29, 1.82) is 0 Å². The average molecular weight is 495 g/mol. The molecule has 164 valence electrons. The van der Waals surface area contributed by atoms with Crippen molar-refractivity contribution in [2.45, 2.75) is 11.8 Å². The van der Waals surface area contributed by atoms with E-state index in [4.69, 9.17) is 11.6 Å². The third kappa shape index (κ3) is 4.69. The highest BCUT2D eigenvalue weighted by atomic mass is 35.5. The zero-order chi connectivity index (χ0) is 23.0. The number of rotatable bonds is 5. The van der Waals surface area contributed by atoms with Gasteiger partial charge in [-0.2, -0.15) is 0 Å².